The van der Waals surface area contributed by atoms with Gasteiger partial charge in [0.05, 0.1) is 0 Å². The molecule has 0 spiro atoms. The van der Waals surface area contributed by atoms with E-state index in [1.54, 1.807) is 0 Å². The summed E-state index contributed by atoms with van der Waals surface area (Å²) in [5.41, 5.74) is 0.939. The summed E-state index contributed by atoms with van der Waals surface area (Å²) in [5.74, 6) is -0.967. The lowest BCUT2D eigenvalue weighted by atomic mass is 10.0. The van der Waals surface area contributed by atoms with E-state index >= 15 is 0 Å². The Bertz CT molecular complexity index is 712. The molecule has 0 aliphatic carbocycles. The number of rotatable bonds is 8. The summed E-state index contributed by atoms with van der Waals surface area (Å²) >= 11 is 0.580. The van der Waals surface area contributed by atoms with Crippen molar-refractivity contribution in [3.05, 3.63) is 40.9 Å². The number of aromatic nitrogens is 2. The van der Waals surface area contributed by atoms with Gasteiger partial charge in [0.1, 0.15) is 0 Å². The summed E-state index contributed by atoms with van der Waals surface area (Å²) in [6.45, 7) is 0. The molecular formula is C15H16F2N4O3S. The molecule has 0 radical (unpaired) electrons. The lowest BCUT2D eigenvalue weighted by Gasteiger charge is -2.18. The molecule has 1 aromatic heterocycles. The van der Waals surface area contributed by atoms with E-state index in [2.05, 4.69) is 20.8 Å². The third-order valence-electron chi connectivity index (χ3n) is 3.21. The van der Waals surface area contributed by atoms with Gasteiger partial charge in [-0.05, 0) is 18.4 Å². The van der Waals surface area contributed by atoms with Crippen LogP contribution in [-0.4, -0.2) is 33.3 Å². The minimum absolute atomic E-state index is 0.0514. The Labute approximate surface area is 146 Å². The second kappa shape index (κ2) is 9.02. The minimum Gasteiger partial charge on any atom is -0.481 e. The Morgan fingerprint density at radius 1 is 1.20 bits per heavy atom. The molecule has 7 nitrogen and oxygen atoms in total. The largest absolute Gasteiger partial charge is 0.481 e. The lowest BCUT2D eigenvalue weighted by molar-refractivity contribution is -0.137. The number of nitrogens with one attached hydrogen (secondary N) is 2. The second-order valence-corrected chi connectivity index (χ2v) is 6.17. The average molecular weight is 370 g/mol. The first-order valence-electron chi connectivity index (χ1n) is 7.39. The van der Waals surface area contributed by atoms with Crippen molar-refractivity contribution in [1.82, 2.24) is 15.5 Å². The number of hydrogen-bond acceptors (Lipinski definition) is 5. The molecule has 1 atom stereocenters. The molecule has 134 valence electrons. The number of halogens is 2. The maximum absolute atomic E-state index is 12.5. The van der Waals surface area contributed by atoms with Gasteiger partial charge in [-0.3, -0.25) is 10.1 Å². The van der Waals surface area contributed by atoms with Crippen LogP contribution in [0, 0.1) is 0 Å². The summed E-state index contributed by atoms with van der Waals surface area (Å²) in [5, 5.41) is 20.0. The fourth-order valence-electron chi connectivity index (χ4n) is 2.11. The quantitative estimate of drug-likeness (QED) is 0.662. The maximum atomic E-state index is 12.5. The van der Waals surface area contributed by atoms with Crippen LogP contribution >= 0.6 is 11.3 Å². The molecule has 2 amide bonds. The second-order valence-electron chi connectivity index (χ2n) is 5.16. The van der Waals surface area contributed by atoms with Gasteiger partial charge in [-0.25, -0.2) is 13.6 Å². The SMILES string of the molecule is O=C(O)CCC(Cc1ccccc1)NC(=O)Nc1nnc(C(F)F)s1. The van der Waals surface area contributed by atoms with Gasteiger partial charge >= 0.3 is 12.0 Å². The highest BCUT2D eigenvalue weighted by Crippen LogP contribution is 2.25. The van der Waals surface area contributed by atoms with E-state index in [1.165, 1.54) is 0 Å². The highest BCUT2D eigenvalue weighted by Gasteiger charge is 2.18. The standard InChI is InChI=1S/C15H16F2N4O3S/c16-12(17)13-20-21-15(25-13)19-14(24)18-10(6-7-11(22)23)8-9-4-2-1-3-5-9/h1-5,10,12H,6-8H2,(H,22,23)(H2,18,19,21,24). The van der Waals surface area contributed by atoms with Crippen molar-refractivity contribution in [1.29, 1.82) is 0 Å². The van der Waals surface area contributed by atoms with Crippen molar-refractivity contribution in [3.63, 3.8) is 0 Å². The fourth-order valence-corrected chi connectivity index (χ4v) is 2.71. The van der Waals surface area contributed by atoms with Crippen molar-refractivity contribution in [2.45, 2.75) is 31.7 Å². The van der Waals surface area contributed by atoms with Gasteiger partial charge in [-0.1, -0.05) is 41.7 Å². The zero-order chi connectivity index (χ0) is 18.2. The molecule has 0 saturated heterocycles. The molecule has 1 aromatic carbocycles. The zero-order valence-corrected chi connectivity index (χ0v) is 13.8. The monoisotopic (exact) mass is 370 g/mol. The summed E-state index contributed by atoms with van der Waals surface area (Å²) in [6, 6.07) is 8.20. The number of amides is 2. The van der Waals surface area contributed by atoms with Crippen LogP contribution < -0.4 is 10.6 Å². The molecule has 25 heavy (non-hydrogen) atoms. The highest BCUT2D eigenvalue weighted by molar-refractivity contribution is 7.15. The van der Waals surface area contributed by atoms with Crippen LogP contribution in [0.5, 0.6) is 0 Å². The lowest BCUT2D eigenvalue weighted by Crippen LogP contribution is -2.39. The van der Waals surface area contributed by atoms with Crippen molar-refractivity contribution in [2.75, 3.05) is 5.32 Å². The summed E-state index contributed by atoms with van der Waals surface area (Å²) in [7, 11) is 0. The number of carbonyl (C=O) groups excluding carboxylic acids is 1. The van der Waals surface area contributed by atoms with Crippen LogP contribution in [0.2, 0.25) is 0 Å². The number of aliphatic carboxylic acids is 1. The van der Waals surface area contributed by atoms with Crippen molar-refractivity contribution in [2.24, 2.45) is 0 Å². The number of carboxylic acids is 1. The molecule has 0 saturated carbocycles. The van der Waals surface area contributed by atoms with E-state index in [1.807, 2.05) is 30.3 Å². The van der Waals surface area contributed by atoms with Crippen LogP contribution in [-0.2, 0) is 11.2 Å². The first-order valence-corrected chi connectivity index (χ1v) is 8.20. The fraction of sp³-hybridized carbons (Fsp3) is 0.333. The molecule has 1 heterocycles. The zero-order valence-electron chi connectivity index (χ0n) is 13.0. The number of anilines is 1. The molecule has 0 bridgehead atoms. The third kappa shape index (κ3) is 6.42. The molecule has 3 N–H and O–H groups in total. The molecule has 10 heteroatoms. The van der Waals surface area contributed by atoms with Crippen molar-refractivity contribution >= 4 is 28.5 Å². The average Bonchev–Trinajstić information content (AvgIpc) is 3.02. The van der Waals surface area contributed by atoms with E-state index in [9.17, 15) is 18.4 Å². The van der Waals surface area contributed by atoms with Crippen LogP contribution in [0.1, 0.15) is 29.8 Å². The van der Waals surface area contributed by atoms with Crippen LogP contribution in [0.25, 0.3) is 0 Å². The molecule has 2 rings (SSSR count). The van der Waals surface area contributed by atoms with Gasteiger partial charge in [0.2, 0.25) is 5.13 Å². The van der Waals surface area contributed by atoms with E-state index < -0.39 is 29.5 Å². The van der Waals surface area contributed by atoms with E-state index in [0.717, 1.165) is 5.56 Å². The maximum Gasteiger partial charge on any atom is 0.321 e. The number of urea groups is 1. The normalized spacial score (nSPS) is 12.0. The smallest absolute Gasteiger partial charge is 0.321 e. The molecule has 1 unspecified atom stereocenters. The van der Waals surface area contributed by atoms with Gasteiger partial charge in [0.15, 0.2) is 5.01 Å². The number of hydrogen-bond donors (Lipinski definition) is 3. The first-order chi connectivity index (χ1) is 11.9. The summed E-state index contributed by atoms with van der Waals surface area (Å²) in [4.78, 5) is 22.8. The minimum atomic E-state index is -2.75. The van der Waals surface area contributed by atoms with Crippen molar-refractivity contribution in [3.8, 4) is 0 Å². The Balaban J connectivity index is 1.96. The number of alkyl halides is 2. The Morgan fingerprint density at radius 2 is 1.92 bits per heavy atom. The third-order valence-corrected chi connectivity index (χ3v) is 4.06. The predicted molar refractivity (Wildman–Crippen MR) is 87.8 cm³/mol. The van der Waals surface area contributed by atoms with Gasteiger partial charge in [-0.15, -0.1) is 10.2 Å². The van der Waals surface area contributed by atoms with Gasteiger partial charge in [-0.2, -0.15) is 0 Å². The summed E-state index contributed by atoms with van der Waals surface area (Å²) < 4.78 is 24.9. The first kappa shape index (κ1) is 18.7. The van der Waals surface area contributed by atoms with Gasteiger partial charge < -0.3 is 10.4 Å². The van der Waals surface area contributed by atoms with Crippen molar-refractivity contribution < 1.29 is 23.5 Å². The van der Waals surface area contributed by atoms with Crippen LogP contribution in [0.4, 0.5) is 18.7 Å². The number of carbonyl (C=O) groups is 2. The summed E-state index contributed by atoms with van der Waals surface area (Å²) in [6.07, 6.45) is -2.18. The molecule has 2 aromatic rings. The molecule has 0 aliphatic heterocycles. The topological polar surface area (TPSA) is 104 Å². The molecular weight excluding hydrogens is 354 g/mol. The van der Waals surface area contributed by atoms with E-state index in [0.29, 0.717) is 17.8 Å². The van der Waals surface area contributed by atoms with Crippen LogP contribution in [0.3, 0.4) is 0 Å². The Kier molecular flexibility index (Phi) is 6.75. The van der Waals surface area contributed by atoms with E-state index in [4.69, 9.17) is 5.11 Å². The molecule has 0 aliphatic rings. The number of nitrogens with zero attached hydrogens (tertiary/aromatic N) is 2. The van der Waals surface area contributed by atoms with Gasteiger partial charge in [0.25, 0.3) is 6.43 Å². The number of benzene rings is 1. The van der Waals surface area contributed by atoms with E-state index in [-0.39, 0.29) is 18.0 Å². The number of carboxylic acid groups (broad SMARTS) is 1. The highest BCUT2D eigenvalue weighted by atomic mass is 32.1. The predicted octanol–water partition coefficient (Wildman–Crippen LogP) is 3.07. The Hall–Kier alpha value is -2.62. The van der Waals surface area contributed by atoms with Gasteiger partial charge in [0, 0.05) is 12.5 Å². The Morgan fingerprint density at radius 3 is 2.52 bits per heavy atom. The molecule has 0 fully saturated rings. The van der Waals surface area contributed by atoms with Crippen LogP contribution in [0.15, 0.2) is 30.3 Å².